The predicted octanol–water partition coefficient (Wildman–Crippen LogP) is 12.2. The zero-order valence-electron chi connectivity index (χ0n) is 27.8. The molecule has 2 aliphatic rings. The van der Waals surface area contributed by atoms with Crippen molar-refractivity contribution in [3.05, 3.63) is 154 Å². The first kappa shape index (κ1) is 34.5. The molecule has 0 bridgehead atoms. The SMILES string of the molecule is CC(C)(C)c1ccc2c(c1)[CH]([Hf](=[C](c1ccc(C(F)(F)F)cc1)c1ccc(C(F)(F)F)cc1)[CH]1C=CC=C1)c1cc(C(C)(C)C)ccc1-2. The first-order valence-electron chi connectivity index (χ1n) is 16.1. The van der Waals surface area contributed by atoms with Gasteiger partial charge in [-0.1, -0.05) is 0 Å². The van der Waals surface area contributed by atoms with Crippen molar-refractivity contribution >= 4 is 3.26 Å². The van der Waals surface area contributed by atoms with E-state index in [1.54, 1.807) is 0 Å². The number of fused-ring (bicyclic) bond motifs is 3. The molecule has 248 valence electrons. The zero-order valence-corrected chi connectivity index (χ0v) is 31.4. The van der Waals surface area contributed by atoms with Gasteiger partial charge in [-0.3, -0.25) is 0 Å². The van der Waals surface area contributed by atoms with Crippen LogP contribution in [0.2, 0.25) is 3.67 Å². The van der Waals surface area contributed by atoms with Crippen LogP contribution in [0.1, 0.15) is 89.7 Å². The minimum absolute atomic E-state index is 0.0263. The van der Waals surface area contributed by atoms with Gasteiger partial charge in [-0.05, 0) is 0 Å². The molecule has 0 spiro atoms. The van der Waals surface area contributed by atoms with Gasteiger partial charge in [-0.25, -0.2) is 0 Å². The van der Waals surface area contributed by atoms with Gasteiger partial charge in [-0.15, -0.1) is 0 Å². The van der Waals surface area contributed by atoms with Gasteiger partial charge in [0.1, 0.15) is 0 Å². The predicted molar refractivity (Wildman–Crippen MR) is 179 cm³/mol. The van der Waals surface area contributed by atoms with Crippen LogP contribution in [0.15, 0.2) is 109 Å². The van der Waals surface area contributed by atoms with Gasteiger partial charge in [0.2, 0.25) is 0 Å². The monoisotopic (exact) mass is 824 g/mol. The number of rotatable bonds is 4. The van der Waals surface area contributed by atoms with E-state index >= 15 is 0 Å². The Morgan fingerprint density at radius 2 is 0.854 bits per heavy atom. The van der Waals surface area contributed by atoms with E-state index in [2.05, 4.69) is 90.1 Å². The summed E-state index contributed by atoms with van der Waals surface area (Å²) < 4.78 is 83.3. The molecule has 4 aromatic carbocycles. The molecule has 48 heavy (non-hydrogen) atoms. The van der Waals surface area contributed by atoms with E-state index < -0.39 is 44.4 Å². The van der Waals surface area contributed by atoms with Crippen LogP contribution in [0.25, 0.3) is 11.1 Å². The van der Waals surface area contributed by atoms with Gasteiger partial charge in [-0.2, -0.15) is 0 Å². The van der Waals surface area contributed by atoms with Crippen molar-refractivity contribution in [1.82, 2.24) is 0 Å². The van der Waals surface area contributed by atoms with E-state index in [1.807, 2.05) is 12.2 Å². The number of hydrogen-bond acceptors (Lipinski definition) is 0. The van der Waals surface area contributed by atoms with Crippen molar-refractivity contribution in [1.29, 1.82) is 0 Å². The average Bonchev–Trinajstić information content (AvgIpc) is 3.64. The van der Waals surface area contributed by atoms with E-state index in [4.69, 9.17) is 0 Å². The van der Waals surface area contributed by atoms with Crippen molar-refractivity contribution in [3.8, 4) is 11.1 Å². The summed E-state index contributed by atoms with van der Waals surface area (Å²) in [5.74, 6) is 0. The first-order valence-corrected chi connectivity index (χ1v) is 22.0. The fourth-order valence-corrected chi connectivity index (χ4v) is 20.4. The molecule has 4 aromatic rings. The van der Waals surface area contributed by atoms with E-state index in [0.29, 0.717) is 11.1 Å². The van der Waals surface area contributed by atoms with Gasteiger partial charge in [0.05, 0.1) is 0 Å². The Balaban J connectivity index is 1.73. The van der Waals surface area contributed by atoms with Crippen LogP contribution < -0.4 is 0 Å². The molecule has 0 N–H and O–H groups in total. The van der Waals surface area contributed by atoms with E-state index in [0.717, 1.165) is 38.6 Å². The zero-order chi connectivity index (χ0) is 34.8. The molecule has 0 atom stereocenters. The molecule has 6 rings (SSSR count). The Bertz CT molecular complexity index is 1810. The van der Waals surface area contributed by atoms with E-state index in [-0.39, 0.29) is 18.2 Å². The third-order valence-corrected chi connectivity index (χ3v) is 22.0. The minimum atomic E-state index is -4.51. The summed E-state index contributed by atoms with van der Waals surface area (Å²) in [4.78, 5) is 0. The van der Waals surface area contributed by atoms with Crippen molar-refractivity contribution < 1.29 is 47.3 Å². The summed E-state index contributed by atoms with van der Waals surface area (Å²) in [5.41, 5.74) is 6.57. The summed E-state index contributed by atoms with van der Waals surface area (Å²) in [7, 11) is 0. The van der Waals surface area contributed by atoms with Crippen molar-refractivity contribution in [2.24, 2.45) is 0 Å². The van der Waals surface area contributed by atoms with Crippen molar-refractivity contribution in [2.45, 2.75) is 72.1 Å². The second-order valence-electron chi connectivity index (χ2n) is 14.8. The van der Waals surface area contributed by atoms with Crippen LogP contribution in [-0.4, -0.2) is 3.26 Å². The second kappa shape index (κ2) is 12.2. The molecule has 0 aliphatic heterocycles. The topological polar surface area (TPSA) is 0 Å². The number of benzene rings is 4. The van der Waals surface area contributed by atoms with Gasteiger partial charge >= 0.3 is 287 Å². The maximum atomic E-state index is 13.7. The van der Waals surface area contributed by atoms with E-state index in [1.165, 1.54) is 46.5 Å². The molecular formula is C41H38F6Hf. The molecule has 7 heteroatoms. The van der Waals surface area contributed by atoms with E-state index in [9.17, 15) is 26.3 Å². The molecule has 0 radical (unpaired) electrons. The Morgan fingerprint density at radius 3 is 1.19 bits per heavy atom. The molecule has 0 aromatic heterocycles. The van der Waals surface area contributed by atoms with Crippen LogP contribution in [0, 0.1) is 0 Å². The van der Waals surface area contributed by atoms with Gasteiger partial charge in [0, 0.05) is 0 Å². The Kier molecular flexibility index (Phi) is 8.80. The quantitative estimate of drug-likeness (QED) is 0.142. The van der Waals surface area contributed by atoms with Crippen molar-refractivity contribution in [3.63, 3.8) is 0 Å². The average molecular weight is 823 g/mol. The molecular weight excluding hydrogens is 785 g/mol. The van der Waals surface area contributed by atoms with Crippen LogP contribution >= 0.6 is 0 Å². The molecule has 0 saturated heterocycles. The molecule has 0 heterocycles. The summed E-state index contributed by atoms with van der Waals surface area (Å²) in [6.45, 7) is 13.1. The summed E-state index contributed by atoms with van der Waals surface area (Å²) in [5, 5.41) is 0. The molecule has 0 fully saturated rings. The fraction of sp³-hybridized carbons (Fsp3) is 0.293. The summed E-state index contributed by atoms with van der Waals surface area (Å²) >= 11 is -3.59. The van der Waals surface area contributed by atoms with Gasteiger partial charge in [0.25, 0.3) is 0 Å². The third kappa shape index (κ3) is 6.64. The summed E-state index contributed by atoms with van der Waals surface area (Å²) in [6, 6.07) is 23.8. The number of alkyl halides is 6. The normalized spacial score (nSPS) is 15.2. The van der Waals surface area contributed by atoms with Gasteiger partial charge in [0.15, 0.2) is 0 Å². The number of allylic oxidation sites excluding steroid dienone is 4. The van der Waals surface area contributed by atoms with Crippen LogP contribution in [-0.2, 0) is 44.1 Å². The molecule has 0 saturated carbocycles. The molecule has 0 amide bonds. The van der Waals surface area contributed by atoms with Crippen molar-refractivity contribution in [2.75, 3.05) is 0 Å². The maximum absolute atomic E-state index is 13.7. The number of halogens is 6. The summed E-state index contributed by atoms with van der Waals surface area (Å²) in [6.07, 6.45) is -0.642. The van der Waals surface area contributed by atoms with Crippen LogP contribution in [0.4, 0.5) is 26.3 Å². The van der Waals surface area contributed by atoms with Crippen LogP contribution in [0.5, 0.6) is 0 Å². The molecule has 0 nitrogen and oxygen atoms in total. The fourth-order valence-electron chi connectivity index (χ4n) is 6.82. The Hall–Kier alpha value is -3.32. The number of hydrogen-bond donors (Lipinski definition) is 0. The standard InChI is InChI=1S/C21H25.C15H8F6.C5H5.Hf/c1-20(2,3)16-7-9-18-14(12-16)11-15-13-17(21(4,5)6)8-10-19(15)18;16-14(17,18)12-5-1-10(2-6-12)9-11-3-7-13(8-4-11)15(19,20)21;1-2-4-5-3-1;/h7-13H,1-6H3;1-8H;1-5H;. The molecule has 0 unspecified atom stereocenters. The Morgan fingerprint density at radius 1 is 0.500 bits per heavy atom. The molecule has 2 aliphatic carbocycles. The third-order valence-electron chi connectivity index (χ3n) is 9.46. The Labute approximate surface area is 286 Å². The second-order valence-corrected chi connectivity index (χ2v) is 24.4. The van der Waals surface area contributed by atoms with Crippen LogP contribution in [0.3, 0.4) is 0 Å². The first-order chi connectivity index (χ1) is 22.3. The van der Waals surface area contributed by atoms with Gasteiger partial charge < -0.3 is 0 Å².